The lowest BCUT2D eigenvalue weighted by Gasteiger charge is -2.28. The standard InChI is InChI=1S/C18H28O4/c1-12-15-11-17(20)14(13(15)9-10-16(12)19)7-5-3-4-6-8-18(21)22-2/h12,14,16,19H,3-11H2,1-2H3. The van der Waals surface area contributed by atoms with Gasteiger partial charge in [-0.15, -0.1) is 0 Å². The van der Waals surface area contributed by atoms with Crippen molar-refractivity contribution >= 4 is 11.8 Å². The van der Waals surface area contributed by atoms with Gasteiger partial charge < -0.3 is 9.84 Å². The number of hydrogen-bond acceptors (Lipinski definition) is 4. The Morgan fingerprint density at radius 2 is 1.95 bits per heavy atom. The second-order valence-electron chi connectivity index (χ2n) is 6.67. The summed E-state index contributed by atoms with van der Waals surface area (Å²) >= 11 is 0. The van der Waals surface area contributed by atoms with E-state index in [9.17, 15) is 14.7 Å². The maximum Gasteiger partial charge on any atom is 0.305 e. The normalized spacial score (nSPS) is 28.0. The summed E-state index contributed by atoms with van der Waals surface area (Å²) in [6, 6.07) is 0. The number of ketones is 1. The molecule has 2 rings (SSSR count). The first kappa shape index (κ1) is 17.2. The molecule has 2 aliphatic carbocycles. The van der Waals surface area contributed by atoms with Crippen molar-refractivity contribution in [3.63, 3.8) is 0 Å². The average Bonchev–Trinajstić information content (AvgIpc) is 2.83. The fourth-order valence-electron chi connectivity index (χ4n) is 3.83. The lowest BCUT2D eigenvalue weighted by Crippen LogP contribution is -2.24. The number of carbonyl (C=O) groups is 2. The number of aliphatic hydroxyl groups is 1. The maximum atomic E-state index is 12.3. The van der Waals surface area contributed by atoms with E-state index in [1.165, 1.54) is 18.3 Å². The van der Waals surface area contributed by atoms with E-state index in [1.807, 2.05) is 6.92 Å². The summed E-state index contributed by atoms with van der Waals surface area (Å²) in [5.74, 6) is 0.458. The fourth-order valence-corrected chi connectivity index (χ4v) is 3.83. The van der Waals surface area contributed by atoms with Crippen LogP contribution < -0.4 is 0 Å². The van der Waals surface area contributed by atoms with Gasteiger partial charge in [0.1, 0.15) is 5.78 Å². The van der Waals surface area contributed by atoms with Crippen LogP contribution in [0, 0.1) is 11.8 Å². The quantitative estimate of drug-likeness (QED) is 0.446. The lowest BCUT2D eigenvalue weighted by molar-refractivity contribution is -0.140. The molecular formula is C18H28O4. The summed E-state index contributed by atoms with van der Waals surface area (Å²) < 4.78 is 4.62. The number of ether oxygens (including phenoxy) is 1. The third kappa shape index (κ3) is 3.97. The van der Waals surface area contributed by atoms with Gasteiger partial charge in [-0.2, -0.15) is 0 Å². The van der Waals surface area contributed by atoms with Crippen LogP contribution in [0.15, 0.2) is 11.1 Å². The van der Waals surface area contributed by atoms with Crippen molar-refractivity contribution in [1.29, 1.82) is 0 Å². The van der Waals surface area contributed by atoms with Gasteiger partial charge in [-0.1, -0.05) is 37.3 Å². The van der Waals surface area contributed by atoms with Crippen molar-refractivity contribution in [3.05, 3.63) is 11.1 Å². The molecule has 0 radical (unpaired) electrons. The molecule has 124 valence electrons. The Kier molecular flexibility index (Phi) is 6.18. The van der Waals surface area contributed by atoms with Crippen LogP contribution in [0.2, 0.25) is 0 Å². The molecule has 0 heterocycles. The number of carbonyl (C=O) groups excluding carboxylic acids is 2. The minimum Gasteiger partial charge on any atom is -0.469 e. The summed E-state index contributed by atoms with van der Waals surface area (Å²) in [4.78, 5) is 23.3. The molecule has 0 aromatic carbocycles. The predicted molar refractivity (Wildman–Crippen MR) is 84.3 cm³/mol. The van der Waals surface area contributed by atoms with Crippen LogP contribution in [0.5, 0.6) is 0 Å². The largest absolute Gasteiger partial charge is 0.469 e. The van der Waals surface area contributed by atoms with E-state index in [0.717, 1.165) is 44.9 Å². The number of Topliss-reactive ketones (excluding diaryl/α,β-unsaturated/α-hetero) is 1. The van der Waals surface area contributed by atoms with Crippen molar-refractivity contribution in [3.8, 4) is 0 Å². The minimum atomic E-state index is -0.274. The number of aliphatic hydroxyl groups excluding tert-OH is 1. The maximum absolute atomic E-state index is 12.3. The summed E-state index contributed by atoms with van der Waals surface area (Å²) in [6.07, 6.45) is 7.35. The Morgan fingerprint density at radius 3 is 2.68 bits per heavy atom. The minimum absolute atomic E-state index is 0.102. The van der Waals surface area contributed by atoms with E-state index in [-0.39, 0.29) is 23.9 Å². The number of rotatable bonds is 7. The molecule has 0 saturated heterocycles. The average molecular weight is 308 g/mol. The molecule has 0 aromatic heterocycles. The number of unbranched alkanes of at least 4 members (excludes halogenated alkanes) is 3. The van der Waals surface area contributed by atoms with Crippen LogP contribution in [-0.2, 0) is 14.3 Å². The highest BCUT2D eigenvalue weighted by molar-refractivity contribution is 5.90. The van der Waals surface area contributed by atoms with E-state index in [4.69, 9.17) is 0 Å². The zero-order valence-electron chi connectivity index (χ0n) is 13.8. The molecule has 0 fully saturated rings. The summed E-state index contributed by atoms with van der Waals surface area (Å²) in [5.41, 5.74) is 2.55. The molecule has 4 nitrogen and oxygen atoms in total. The predicted octanol–water partition coefficient (Wildman–Crippen LogP) is 3.18. The van der Waals surface area contributed by atoms with Crippen LogP contribution in [0.3, 0.4) is 0 Å². The van der Waals surface area contributed by atoms with Crippen LogP contribution in [0.4, 0.5) is 0 Å². The first-order valence-corrected chi connectivity index (χ1v) is 8.54. The Hall–Kier alpha value is -1.16. The lowest BCUT2D eigenvalue weighted by atomic mass is 9.80. The second kappa shape index (κ2) is 7.91. The highest BCUT2D eigenvalue weighted by atomic mass is 16.5. The molecule has 22 heavy (non-hydrogen) atoms. The summed E-state index contributed by atoms with van der Waals surface area (Å²) in [5, 5.41) is 9.95. The monoisotopic (exact) mass is 308 g/mol. The summed E-state index contributed by atoms with van der Waals surface area (Å²) in [6.45, 7) is 2.04. The Bertz CT molecular complexity index is 452. The van der Waals surface area contributed by atoms with Gasteiger partial charge in [-0.3, -0.25) is 9.59 Å². The van der Waals surface area contributed by atoms with Crippen LogP contribution in [-0.4, -0.2) is 30.1 Å². The molecule has 0 spiro atoms. The molecule has 3 atom stereocenters. The molecule has 0 aromatic rings. The zero-order valence-corrected chi connectivity index (χ0v) is 13.8. The van der Waals surface area contributed by atoms with Crippen molar-refractivity contribution in [2.45, 2.75) is 70.8 Å². The van der Waals surface area contributed by atoms with E-state index >= 15 is 0 Å². The van der Waals surface area contributed by atoms with Gasteiger partial charge in [0.2, 0.25) is 0 Å². The van der Waals surface area contributed by atoms with E-state index < -0.39 is 0 Å². The highest BCUT2D eigenvalue weighted by Crippen LogP contribution is 2.43. The first-order valence-electron chi connectivity index (χ1n) is 8.54. The van der Waals surface area contributed by atoms with Crippen molar-refractivity contribution < 1.29 is 19.4 Å². The van der Waals surface area contributed by atoms with Crippen molar-refractivity contribution in [1.82, 2.24) is 0 Å². The van der Waals surface area contributed by atoms with Gasteiger partial charge in [-0.25, -0.2) is 0 Å². The zero-order chi connectivity index (χ0) is 16.1. The van der Waals surface area contributed by atoms with Gasteiger partial charge in [0, 0.05) is 24.7 Å². The van der Waals surface area contributed by atoms with E-state index in [2.05, 4.69) is 4.74 Å². The second-order valence-corrected chi connectivity index (χ2v) is 6.67. The molecule has 3 unspecified atom stereocenters. The molecule has 0 saturated carbocycles. The number of esters is 1. The van der Waals surface area contributed by atoms with E-state index in [1.54, 1.807) is 0 Å². The number of allylic oxidation sites excluding steroid dienone is 1. The fraction of sp³-hybridized carbons (Fsp3) is 0.778. The number of methoxy groups -OCH3 is 1. The van der Waals surface area contributed by atoms with Crippen LogP contribution >= 0.6 is 0 Å². The third-order valence-corrected chi connectivity index (χ3v) is 5.27. The van der Waals surface area contributed by atoms with Crippen LogP contribution in [0.1, 0.15) is 64.7 Å². The topological polar surface area (TPSA) is 63.6 Å². The van der Waals surface area contributed by atoms with Gasteiger partial charge in [-0.05, 0) is 25.7 Å². The van der Waals surface area contributed by atoms with Crippen LogP contribution in [0.25, 0.3) is 0 Å². The van der Waals surface area contributed by atoms with Crippen molar-refractivity contribution in [2.24, 2.45) is 11.8 Å². The van der Waals surface area contributed by atoms with Gasteiger partial charge in [0.15, 0.2) is 0 Å². The molecular weight excluding hydrogens is 280 g/mol. The third-order valence-electron chi connectivity index (χ3n) is 5.27. The highest BCUT2D eigenvalue weighted by Gasteiger charge is 2.38. The smallest absolute Gasteiger partial charge is 0.305 e. The Labute approximate surface area is 132 Å². The van der Waals surface area contributed by atoms with Crippen molar-refractivity contribution in [2.75, 3.05) is 7.11 Å². The Morgan fingerprint density at radius 1 is 1.23 bits per heavy atom. The molecule has 4 heteroatoms. The summed E-state index contributed by atoms with van der Waals surface area (Å²) in [7, 11) is 1.42. The van der Waals surface area contributed by atoms with E-state index in [0.29, 0.717) is 18.6 Å². The van der Waals surface area contributed by atoms with Gasteiger partial charge in [0.05, 0.1) is 13.2 Å². The molecule has 1 N–H and O–H groups in total. The molecule has 0 bridgehead atoms. The molecule has 2 aliphatic rings. The molecule has 0 amide bonds. The molecule has 0 aliphatic heterocycles. The first-order chi connectivity index (χ1) is 10.5. The SMILES string of the molecule is COC(=O)CCCCCCC1C(=O)CC2=C1CCC(O)C2C. The van der Waals surface area contributed by atoms with Gasteiger partial charge >= 0.3 is 5.97 Å². The van der Waals surface area contributed by atoms with Gasteiger partial charge in [0.25, 0.3) is 0 Å². The number of hydrogen-bond donors (Lipinski definition) is 1. The Balaban J connectivity index is 1.75.